The van der Waals surface area contributed by atoms with Crippen molar-refractivity contribution in [2.24, 2.45) is 5.10 Å². The van der Waals surface area contributed by atoms with E-state index in [1.807, 2.05) is 17.5 Å². The molecule has 0 radical (unpaired) electrons. The molecule has 4 N–H and O–H groups in total. The molecule has 13 heteroatoms. The van der Waals surface area contributed by atoms with Crippen LogP contribution in [0, 0.1) is 10.1 Å². The molecule has 0 saturated carbocycles. The lowest BCUT2D eigenvalue weighted by molar-refractivity contribution is -0.383. The molecule has 1 aromatic carbocycles. The summed E-state index contributed by atoms with van der Waals surface area (Å²) in [6.07, 6.45) is 1.62. The van der Waals surface area contributed by atoms with Crippen LogP contribution in [0.25, 0.3) is 0 Å². The van der Waals surface area contributed by atoms with Crippen LogP contribution in [0.15, 0.2) is 52.0 Å². The van der Waals surface area contributed by atoms with Gasteiger partial charge in [-0.15, -0.1) is 21.5 Å². The van der Waals surface area contributed by atoms with Gasteiger partial charge in [0, 0.05) is 10.9 Å². The topological polar surface area (TPSA) is 153 Å². The van der Waals surface area contributed by atoms with Crippen molar-refractivity contribution in [3.8, 4) is 0 Å². The van der Waals surface area contributed by atoms with Gasteiger partial charge in [-0.05, 0) is 17.5 Å². The number of amides is 1. The van der Waals surface area contributed by atoms with Crippen LogP contribution in [0.5, 0.6) is 0 Å². The molecule has 0 spiro atoms. The standard InChI is InChI=1S/C15H14N8O3S2/c16-22-14(19-17-8-10-4-3-7-27-10)20-21-15(22)28-9-13(24)18-11-5-1-2-6-12(11)23(25)26/h1-8H,9,16H2,(H,18,24)(H,19,20)/b17-8+. The third-order valence-corrected chi connectivity index (χ3v) is 5.02. The molecule has 0 aliphatic heterocycles. The van der Waals surface area contributed by atoms with Gasteiger partial charge in [-0.2, -0.15) is 5.10 Å². The van der Waals surface area contributed by atoms with Gasteiger partial charge < -0.3 is 11.2 Å². The van der Waals surface area contributed by atoms with E-state index in [-0.39, 0.29) is 28.2 Å². The van der Waals surface area contributed by atoms with Crippen molar-refractivity contribution >= 4 is 52.5 Å². The molecule has 0 aliphatic carbocycles. The molecule has 144 valence electrons. The Morgan fingerprint density at radius 2 is 2.18 bits per heavy atom. The quantitative estimate of drug-likeness (QED) is 0.165. The van der Waals surface area contributed by atoms with Crippen LogP contribution in [0.4, 0.5) is 17.3 Å². The summed E-state index contributed by atoms with van der Waals surface area (Å²) in [7, 11) is 0. The third-order valence-electron chi connectivity index (χ3n) is 3.27. The molecule has 28 heavy (non-hydrogen) atoms. The summed E-state index contributed by atoms with van der Waals surface area (Å²) in [4.78, 5) is 23.5. The normalized spacial score (nSPS) is 10.9. The average Bonchev–Trinajstić information content (AvgIpc) is 3.31. The number of nitrogens with two attached hydrogens (primary N) is 1. The van der Waals surface area contributed by atoms with Crippen molar-refractivity contribution in [2.75, 3.05) is 22.3 Å². The maximum absolute atomic E-state index is 12.1. The Labute approximate surface area is 166 Å². The molecular weight excluding hydrogens is 404 g/mol. The molecular formula is C15H14N8O3S2. The molecule has 0 saturated heterocycles. The van der Waals surface area contributed by atoms with Gasteiger partial charge in [-0.25, -0.2) is 10.1 Å². The average molecular weight is 418 g/mol. The Hall–Kier alpha value is -3.45. The van der Waals surface area contributed by atoms with Gasteiger partial charge >= 0.3 is 0 Å². The zero-order chi connectivity index (χ0) is 19.9. The number of nitrogens with zero attached hydrogens (tertiary/aromatic N) is 5. The molecule has 0 fully saturated rings. The number of benzene rings is 1. The van der Waals surface area contributed by atoms with Gasteiger partial charge in [-0.1, -0.05) is 30.0 Å². The second kappa shape index (κ2) is 8.96. The summed E-state index contributed by atoms with van der Waals surface area (Å²) < 4.78 is 1.16. The van der Waals surface area contributed by atoms with E-state index in [0.29, 0.717) is 0 Å². The van der Waals surface area contributed by atoms with E-state index in [9.17, 15) is 14.9 Å². The minimum Gasteiger partial charge on any atom is -0.334 e. The summed E-state index contributed by atoms with van der Waals surface area (Å²) in [6, 6.07) is 9.70. The van der Waals surface area contributed by atoms with E-state index in [0.717, 1.165) is 21.3 Å². The number of hydrazone groups is 1. The van der Waals surface area contributed by atoms with E-state index in [2.05, 4.69) is 26.0 Å². The number of para-hydroxylation sites is 2. The SMILES string of the molecule is Nn1c(N/N=C/c2cccs2)nnc1SCC(=O)Nc1ccccc1[N+](=O)[O-]. The maximum Gasteiger partial charge on any atom is 0.292 e. The summed E-state index contributed by atoms with van der Waals surface area (Å²) >= 11 is 2.56. The zero-order valence-corrected chi connectivity index (χ0v) is 15.8. The first-order chi connectivity index (χ1) is 13.5. The van der Waals surface area contributed by atoms with Gasteiger partial charge in [-0.3, -0.25) is 14.9 Å². The van der Waals surface area contributed by atoms with E-state index < -0.39 is 10.8 Å². The van der Waals surface area contributed by atoms with Gasteiger partial charge in [0.15, 0.2) is 0 Å². The Balaban J connectivity index is 1.55. The number of nitro benzene ring substituents is 1. The fourth-order valence-electron chi connectivity index (χ4n) is 2.03. The molecule has 0 atom stereocenters. The highest BCUT2D eigenvalue weighted by Gasteiger charge is 2.16. The van der Waals surface area contributed by atoms with Gasteiger partial charge in [0.2, 0.25) is 11.1 Å². The fraction of sp³-hybridized carbons (Fsp3) is 0.0667. The minimum absolute atomic E-state index is 0.0557. The summed E-state index contributed by atoms with van der Waals surface area (Å²) in [6.45, 7) is 0. The van der Waals surface area contributed by atoms with E-state index in [1.165, 1.54) is 29.5 Å². The number of carbonyl (C=O) groups excluding carboxylic acids is 1. The first kappa shape index (κ1) is 19.3. The Morgan fingerprint density at radius 1 is 1.36 bits per heavy atom. The van der Waals surface area contributed by atoms with Crippen LogP contribution < -0.4 is 16.6 Å². The number of thiophene rings is 1. The first-order valence-electron chi connectivity index (χ1n) is 7.73. The van der Waals surface area contributed by atoms with Crippen molar-refractivity contribution in [3.05, 3.63) is 56.8 Å². The molecule has 0 unspecified atom stereocenters. The molecule has 0 aliphatic rings. The largest absolute Gasteiger partial charge is 0.334 e. The highest BCUT2D eigenvalue weighted by Crippen LogP contribution is 2.24. The van der Waals surface area contributed by atoms with Crippen molar-refractivity contribution in [3.63, 3.8) is 0 Å². The van der Waals surface area contributed by atoms with Crippen molar-refractivity contribution in [1.29, 1.82) is 0 Å². The Bertz CT molecular complexity index is 1000. The predicted octanol–water partition coefficient (Wildman–Crippen LogP) is 2.14. The summed E-state index contributed by atoms with van der Waals surface area (Å²) in [5.41, 5.74) is 2.61. The molecule has 1 amide bonds. The zero-order valence-electron chi connectivity index (χ0n) is 14.2. The summed E-state index contributed by atoms with van der Waals surface area (Å²) in [5, 5.41) is 27.5. The number of nitrogen functional groups attached to an aromatic ring is 1. The number of hydrogen-bond donors (Lipinski definition) is 3. The third kappa shape index (κ3) is 4.83. The van der Waals surface area contributed by atoms with Crippen LogP contribution in [0.3, 0.4) is 0 Å². The van der Waals surface area contributed by atoms with Crippen molar-refractivity contribution < 1.29 is 9.72 Å². The molecule has 2 aromatic heterocycles. The number of carbonyl (C=O) groups is 1. The number of nitrogens with one attached hydrogen (secondary N) is 2. The van der Waals surface area contributed by atoms with Gasteiger partial charge in [0.05, 0.1) is 16.9 Å². The van der Waals surface area contributed by atoms with Crippen LogP contribution >= 0.6 is 23.1 Å². The predicted molar refractivity (Wildman–Crippen MR) is 108 cm³/mol. The second-order valence-electron chi connectivity index (χ2n) is 5.17. The number of aromatic nitrogens is 3. The molecule has 2 heterocycles. The number of thioether (sulfide) groups is 1. The van der Waals surface area contributed by atoms with Crippen LogP contribution in [-0.2, 0) is 4.79 Å². The number of hydrogen-bond acceptors (Lipinski definition) is 10. The van der Waals surface area contributed by atoms with Crippen LogP contribution in [0.1, 0.15) is 4.88 Å². The first-order valence-corrected chi connectivity index (χ1v) is 9.60. The Kier molecular flexibility index (Phi) is 6.18. The fourth-order valence-corrected chi connectivity index (χ4v) is 3.27. The van der Waals surface area contributed by atoms with Crippen LogP contribution in [-0.4, -0.2) is 37.7 Å². The minimum atomic E-state index is -0.562. The summed E-state index contributed by atoms with van der Waals surface area (Å²) in [5.74, 6) is 5.59. The Morgan fingerprint density at radius 3 is 2.93 bits per heavy atom. The lowest BCUT2D eigenvalue weighted by Crippen LogP contribution is -2.17. The lowest BCUT2D eigenvalue weighted by Gasteiger charge is -2.05. The highest BCUT2D eigenvalue weighted by molar-refractivity contribution is 7.99. The lowest BCUT2D eigenvalue weighted by atomic mass is 10.2. The number of rotatable bonds is 8. The second-order valence-corrected chi connectivity index (χ2v) is 7.09. The van der Waals surface area contributed by atoms with E-state index in [1.54, 1.807) is 12.3 Å². The van der Waals surface area contributed by atoms with Crippen molar-refractivity contribution in [2.45, 2.75) is 5.16 Å². The number of anilines is 2. The maximum atomic E-state index is 12.1. The van der Waals surface area contributed by atoms with Crippen molar-refractivity contribution in [1.82, 2.24) is 14.9 Å². The smallest absolute Gasteiger partial charge is 0.292 e. The number of nitro groups is 1. The molecule has 3 aromatic rings. The highest BCUT2D eigenvalue weighted by atomic mass is 32.2. The monoisotopic (exact) mass is 418 g/mol. The van der Waals surface area contributed by atoms with E-state index in [4.69, 9.17) is 5.84 Å². The molecule has 3 rings (SSSR count). The van der Waals surface area contributed by atoms with Gasteiger partial charge in [0.1, 0.15) is 5.69 Å². The van der Waals surface area contributed by atoms with Gasteiger partial charge in [0.25, 0.3) is 11.6 Å². The molecule has 11 nitrogen and oxygen atoms in total. The van der Waals surface area contributed by atoms with Crippen LogP contribution in [0.2, 0.25) is 0 Å². The molecule has 0 bridgehead atoms. The van der Waals surface area contributed by atoms with E-state index >= 15 is 0 Å².